The Morgan fingerprint density at radius 3 is 2.52 bits per heavy atom. The Bertz CT molecular complexity index is 894. The average Bonchev–Trinajstić information content (AvgIpc) is 3.25. The van der Waals surface area contributed by atoms with Crippen LogP contribution in [0.1, 0.15) is 26.2 Å². The molecule has 0 aliphatic carbocycles. The van der Waals surface area contributed by atoms with Crippen molar-refractivity contribution in [3.05, 3.63) is 54.6 Å². The maximum atomic E-state index is 12.5. The number of hydrogen-bond acceptors (Lipinski definition) is 5. The zero-order valence-corrected chi connectivity index (χ0v) is 17.2. The maximum Gasteiger partial charge on any atom is 0.265 e. The van der Waals surface area contributed by atoms with Crippen molar-refractivity contribution < 1.29 is 22.7 Å². The van der Waals surface area contributed by atoms with Gasteiger partial charge >= 0.3 is 0 Å². The van der Waals surface area contributed by atoms with E-state index in [9.17, 15) is 13.2 Å². The van der Waals surface area contributed by atoms with Gasteiger partial charge in [-0.2, -0.15) is 0 Å². The summed E-state index contributed by atoms with van der Waals surface area (Å²) in [6.07, 6.45) is 1.60. The highest BCUT2D eigenvalue weighted by Gasteiger charge is 2.21. The van der Waals surface area contributed by atoms with E-state index in [1.165, 1.54) is 12.1 Å². The number of nitrogens with one attached hydrogen (secondary N) is 2. The summed E-state index contributed by atoms with van der Waals surface area (Å²) in [6, 6.07) is 15.2. The molecule has 0 radical (unpaired) electrons. The first kappa shape index (κ1) is 21.3. The number of carbonyl (C=O) groups excluding carboxylic acids is 1. The van der Waals surface area contributed by atoms with Gasteiger partial charge in [-0.25, -0.2) is 13.1 Å². The standard InChI is InChI=1S/C21H26N2O5S/c1-2-20(28-17-7-4-3-5-8-17)21(24)23-16-10-12-19(13-11-16)29(25,26)22-15-18-9-6-14-27-18/h3-5,7-8,10-13,18,20,22H,2,6,9,14-15H2,1H3,(H,23,24)/t18-,20+/m1/s1. The van der Waals surface area contributed by atoms with Crippen LogP contribution in [0.25, 0.3) is 0 Å². The quantitative estimate of drug-likeness (QED) is 0.653. The highest BCUT2D eigenvalue weighted by Crippen LogP contribution is 2.18. The summed E-state index contributed by atoms with van der Waals surface area (Å²) >= 11 is 0. The molecular formula is C21H26N2O5S. The fourth-order valence-electron chi connectivity index (χ4n) is 3.02. The number of anilines is 1. The highest BCUT2D eigenvalue weighted by atomic mass is 32.2. The molecule has 1 aliphatic heterocycles. The van der Waals surface area contributed by atoms with E-state index < -0.39 is 16.1 Å². The lowest BCUT2D eigenvalue weighted by Gasteiger charge is -2.17. The van der Waals surface area contributed by atoms with E-state index in [2.05, 4.69) is 10.0 Å². The first-order valence-corrected chi connectivity index (χ1v) is 11.2. The number of sulfonamides is 1. The second kappa shape index (κ2) is 9.87. The van der Waals surface area contributed by atoms with E-state index >= 15 is 0 Å². The second-order valence-electron chi connectivity index (χ2n) is 6.83. The van der Waals surface area contributed by atoms with Gasteiger partial charge in [0, 0.05) is 18.8 Å². The van der Waals surface area contributed by atoms with Gasteiger partial charge in [-0.05, 0) is 55.7 Å². The van der Waals surface area contributed by atoms with Crippen molar-refractivity contribution in [2.75, 3.05) is 18.5 Å². The molecular weight excluding hydrogens is 392 g/mol. The van der Waals surface area contributed by atoms with Crippen LogP contribution in [0.2, 0.25) is 0 Å². The number of amides is 1. The monoisotopic (exact) mass is 418 g/mol. The first-order chi connectivity index (χ1) is 14.0. The predicted molar refractivity (Wildman–Crippen MR) is 110 cm³/mol. The van der Waals surface area contributed by atoms with Gasteiger partial charge in [0.25, 0.3) is 5.91 Å². The minimum atomic E-state index is -3.62. The normalized spacial score (nSPS) is 17.6. The average molecular weight is 419 g/mol. The van der Waals surface area contributed by atoms with E-state index in [0.29, 0.717) is 24.5 Å². The summed E-state index contributed by atoms with van der Waals surface area (Å²) in [5, 5.41) is 2.77. The second-order valence-corrected chi connectivity index (χ2v) is 8.60. The van der Waals surface area contributed by atoms with E-state index in [0.717, 1.165) is 12.8 Å². The molecule has 7 nitrogen and oxygen atoms in total. The van der Waals surface area contributed by atoms with E-state index in [1.807, 2.05) is 25.1 Å². The zero-order valence-electron chi connectivity index (χ0n) is 16.3. The lowest BCUT2D eigenvalue weighted by atomic mass is 10.2. The molecule has 0 unspecified atom stereocenters. The van der Waals surface area contributed by atoms with Gasteiger partial charge in [0.05, 0.1) is 11.0 Å². The smallest absolute Gasteiger partial charge is 0.265 e. The first-order valence-electron chi connectivity index (χ1n) is 9.72. The molecule has 1 aliphatic rings. The number of para-hydroxylation sites is 1. The fraction of sp³-hybridized carbons (Fsp3) is 0.381. The van der Waals surface area contributed by atoms with Crippen LogP contribution in [-0.2, 0) is 19.6 Å². The van der Waals surface area contributed by atoms with Crippen molar-refractivity contribution in [1.82, 2.24) is 4.72 Å². The van der Waals surface area contributed by atoms with Crippen LogP contribution in [-0.4, -0.2) is 39.7 Å². The highest BCUT2D eigenvalue weighted by molar-refractivity contribution is 7.89. The molecule has 1 heterocycles. The van der Waals surface area contributed by atoms with Gasteiger partial charge in [0.15, 0.2) is 6.10 Å². The molecule has 29 heavy (non-hydrogen) atoms. The summed E-state index contributed by atoms with van der Waals surface area (Å²) in [5.74, 6) is 0.330. The van der Waals surface area contributed by atoms with Gasteiger partial charge in [-0.1, -0.05) is 25.1 Å². The summed E-state index contributed by atoms with van der Waals surface area (Å²) < 4.78 is 38.5. The summed E-state index contributed by atoms with van der Waals surface area (Å²) in [4.78, 5) is 12.6. The van der Waals surface area contributed by atoms with E-state index in [4.69, 9.17) is 9.47 Å². The van der Waals surface area contributed by atoms with Gasteiger partial charge < -0.3 is 14.8 Å². The molecule has 1 amide bonds. The lowest BCUT2D eigenvalue weighted by Crippen LogP contribution is -2.32. The maximum absolute atomic E-state index is 12.5. The Morgan fingerprint density at radius 1 is 1.17 bits per heavy atom. The van der Waals surface area contributed by atoms with E-state index in [1.54, 1.807) is 24.3 Å². The number of benzene rings is 2. The van der Waals surface area contributed by atoms with Crippen LogP contribution < -0.4 is 14.8 Å². The van der Waals surface area contributed by atoms with Crippen molar-refractivity contribution in [3.8, 4) is 5.75 Å². The molecule has 156 valence electrons. The van der Waals surface area contributed by atoms with Crippen LogP contribution >= 0.6 is 0 Å². The van der Waals surface area contributed by atoms with Crippen LogP contribution in [0.5, 0.6) is 5.75 Å². The van der Waals surface area contributed by atoms with Crippen LogP contribution in [0.4, 0.5) is 5.69 Å². The number of ether oxygens (including phenoxy) is 2. The Morgan fingerprint density at radius 2 is 1.90 bits per heavy atom. The third-order valence-corrected chi connectivity index (χ3v) is 6.08. The van der Waals surface area contributed by atoms with Crippen molar-refractivity contribution in [1.29, 1.82) is 0 Å². The molecule has 0 saturated carbocycles. The van der Waals surface area contributed by atoms with E-state index in [-0.39, 0.29) is 23.5 Å². The molecule has 0 aromatic heterocycles. The topological polar surface area (TPSA) is 93.7 Å². The zero-order chi connectivity index (χ0) is 20.7. The number of hydrogen-bond donors (Lipinski definition) is 2. The van der Waals surface area contributed by atoms with Gasteiger partial charge in [-0.15, -0.1) is 0 Å². The predicted octanol–water partition coefficient (Wildman–Crippen LogP) is 2.94. The molecule has 2 aromatic carbocycles. The van der Waals surface area contributed by atoms with Crippen molar-refractivity contribution >= 4 is 21.6 Å². The lowest BCUT2D eigenvalue weighted by molar-refractivity contribution is -0.122. The third kappa shape index (κ3) is 6.03. The fourth-order valence-corrected chi connectivity index (χ4v) is 4.08. The van der Waals surface area contributed by atoms with Crippen molar-refractivity contribution in [3.63, 3.8) is 0 Å². The minimum Gasteiger partial charge on any atom is -0.481 e. The molecule has 1 fully saturated rings. The Balaban J connectivity index is 1.58. The van der Waals surface area contributed by atoms with Crippen molar-refractivity contribution in [2.24, 2.45) is 0 Å². The number of rotatable bonds is 9. The van der Waals surface area contributed by atoms with Crippen LogP contribution in [0, 0.1) is 0 Å². The molecule has 2 atom stereocenters. The minimum absolute atomic E-state index is 0.0704. The Kier molecular flexibility index (Phi) is 7.24. The molecule has 2 aromatic rings. The number of carbonyl (C=O) groups is 1. The van der Waals surface area contributed by atoms with Crippen LogP contribution in [0.15, 0.2) is 59.5 Å². The van der Waals surface area contributed by atoms with Gasteiger partial charge in [-0.3, -0.25) is 4.79 Å². The molecule has 8 heteroatoms. The Hall–Kier alpha value is -2.42. The van der Waals surface area contributed by atoms with Gasteiger partial charge in [0.1, 0.15) is 5.75 Å². The molecule has 0 bridgehead atoms. The van der Waals surface area contributed by atoms with Crippen molar-refractivity contribution in [2.45, 2.75) is 43.3 Å². The van der Waals surface area contributed by atoms with Crippen LogP contribution in [0.3, 0.4) is 0 Å². The Labute approximate surface area is 171 Å². The summed E-state index contributed by atoms with van der Waals surface area (Å²) in [6.45, 7) is 2.80. The molecule has 3 rings (SSSR count). The summed E-state index contributed by atoms with van der Waals surface area (Å²) in [5.41, 5.74) is 0.503. The molecule has 2 N–H and O–H groups in total. The SMILES string of the molecule is CC[C@H](Oc1ccccc1)C(=O)Nc1ccc(S(=O)(=O)NC[C@H]2CCCO2)cc1. The molecule has 1 saturated heterocycles. The third-order valence-electron chi connectivity index (χ3n) is 4.64. The molecule has 0 spiro atoms. The largest absolute Gasteiger partial charge is 0.481 e. The summed E-state index contributed by atoms with van der Waals surface area (Å²) in [7, 11) is -3.62. The van der Waals surface area contributed by atoms with Gasteiger partial charge in [0.2, 0.25) is 10.0 Å².